The minimum atomic E-state index is 0.550. The lowest BCUT2D eigenvalue weighted by Crippen LogP contribution is -2.48. The van der Waals surface area contributed by atoms with Crippen molar-refractivity contribution in [2.75, 3.05) is 25.9 Å². The molecule has 3 aliphatic rings. The van der Waals surface area contributed by atoms with E-state index in [1.165, 1.54) is 62.4 Å². The van der Waals surface area contributed by atoms with Crippen LogP contribution in [-0.2, 0) is 0 Å². The van der Waals surface area contributed by atoms with Gasteiger partial charge in [-0.1, -0.05) is 31.0 Å². The second-order valence-corrected chi connectivity index (χ2v) is 8.13. The van der Waals surface area contributed by atoms with Gasteiger partial charge in [0, 0.05) is 30.9 Å². The van der Waals surface area contributed by atoms with E-state index in [-0.39, 0.29) is 0 Å². The Kier molecular flexibility index (Phi) is 4.61. The Bertz CT molecular complexity index is 363. The van der Waals surface area contributed by atoms with Gasteiger partial charge in [-0.15, -0.1) is 0 Å². The highest BCUT2D eigenvalue weighted by Crippen LogP contribution is 2.41. The van der Waals surface area contributed by atoms with Gasteiger partial charge in [0.1, 0.15) is 0 Å². The summed E-state index contributed by atoms with van der Waals surface area (Å²) in [6, 6.07) is 1.33. The molecule has 0 radical (unpaired) electrons. The Labute approximate surface area is 128 Å². The number of likely N-dealkylation sites (tertiary alicyclic amines) is 1. The summed E-state index contributed by atoms with van der Waals surface area (Å²) in [4.78, 5) is 7.36. The van der Waals surface area contributed by atoms with Crippen LogP contribution >= 0.6 is 11.8 Å². The Hall–Kier alpha value is -0.220. The van der Waals surface area contributed by atoms with Crippen LogP contribution in [-0.4, -0.2) is 48.0 Å². The smallest absolute Gasteiger partial charge is 0.156 e. The molecule has 2 atom stereocenters. The standard InChI is InChI=1S/C16H29N3S/c1-13-10-14(6-9-19(13)2)18-15-17-11-16(12-20-15)7-4-3-5-8-16/h13-14H,3-12H2,1-2H3,(H,17,18). The second-order valence-electron chi connectivity index (χ2n) is 7.17. The summed E-state index contributed by atoms with van der Waals surface area (Å²) in [7, 11) is 2.24. The molecule has 0 aromatic heterocycles. The van der Waals surface area contributed by atoms with Gasteiger partial charge in [0.2, 0.25) is 0 Å². The maximum atomic E-state index is 4.90. The number of piperidine rings is 1. The zero-order valence-corrected chi connectivity index (χ0v) is 13.8. The molecular weight excluding hydrogens is 266 g/mol. The number of hydrogen-bond acceptors (Lipinski definition) is 4. The SMILES string of the molecule is CC1CC(NC2=NCC3(CCCCC3)CS2)CCN1C. The van der Waals surface area contributed by atoms with E-state index in [9.17, 15) is 0 Å². The van der Waals surface area contributed by atoms with E-state index in [1.54, 1.807) is 0 Å². The van der Waals surface area contributed by atoms with Gasteiger partial charge in [-0.3, -0.25) is 4.99 Å². The first-order valence-corrected chi connectivity index (χ1v) is 9.29. The maximum Gasteiger partial charge on any atom is 0.156 e. The number of thioether (sulfide) groups is 1. The summed E-state index contributed by atoms with van der Waals surface area (Å²) >= 11 is 1.99. The van der Waals surface area contributed by atoms with Crippen molar-refractivity contribution in [3.05, 3.63) is 0 Å². The molecular formula is C16H29N3S. The third-order valence-electron chi connectivity index (χ3n) is 5.52. The van der Waals surface area contributed by atoms with Crippen LogP contribution in [0, 0.1) is 5.41 Å². The molecule has 2 aliphatic heterocycles. The third-order valence-corrected chi connectivity index (χ3v) is 6.80. The monoisotopic (exact) mass is 295 g/mol. The Balaban J connectivity index is 1.52. The van der Waals surface area contributed by atoms with E-state index in [1.807, 2.05) is 11.8 Å². The van der Waals surface area contributed by atoms with Gasteiger partial charge in [0.05, 0.1) is 0 Å². The number of amidine groups is 1. The van der Waals surface area contributed by atoms with Crippen molar-refractivity contribution in [2.45, 2.75) is 64.0 Å². The molecule has 2 fully saturated rings. The predicted molar refractivity (Wildman–Crippen MR) is 88.5 cm³/mol. The Morgan fingerprint density at radius 2 is 2.10 bits per heavy atom. The fourth-order valence-corrected chi connectivity index (χ4v) is 5.07. The lowest BCUT2D eigenvalue weighted by atomic mass is 9.75. The zero-order valence-electron chi connectivity index (χ0n) is 13.0. The van der Waals surface area contributed by atoms with E-state index >= 15 is 0 Å². The molecule has 1 spiro atoms. The van der Waals surface area contributed by atoms with Crippen molar-refractivity contribution in [1.29, 1.82) is 0 Å². The molecule has 20 heavy (non-hydrogen) atoms. The molecule has 114 valence electrons. The average molecular weight is 295 g/mol. The molecule has 0 aromatic carbocycles. The second kappa shape index (κ2) is 6.27. The fraction of sp³-hybridized carbons (Fsp3) is 0.938. The van der Waals surface area contributed by atoms with Crippen LogP contribution in [0.5, 0.6) is 0 Å². The van der Waals surface area contributed by atoms with Crippen LogP contribution in [0.3, 0.4) is 0 Å². The van der Waals surface area contributed by atoms with Crippen LogP contribution in [0.25, 0.3) is 0 Å². The molecule has 0 aromatic rings. The molecule has 0 bridgehead atoms. The lowest BCUT2D eigenvalue weighted by molar-refractivity contribution is 0.177. The molecule has 0 amide bonds. The van der Waals surface area contributed by atoms with Crippen LogP contribution in [0.15, 0.2) is 4.99 Å². The largest absolute Gasteiger partial charge is 0.362 e. The van der Waals surface area contributed by atoms with Crippen molar-refractivity contribution in [1.82, 2.24) is 10.2 Å². The summed E-state index contributed by atoms with van der Waals surface area (Å²) in [6.45, 7) is 4.62. The zero-order chi connectivity index (χ0) is 14.0. The van der Waals surface area contributed by atoms with Gasteiger partial charge in [-0.25, -0.2) is 0 Å². The first kappa shape index (κ1) is 14.7. The van der Waals surface area contributed by atoms with Gasteiger partial charge in [0.15, 0.2) is 5.17 Å². The van der Waals surface area contributed by atoms with Crippen molar-refractivity contribution in [3.63, 3.8) is 0 Å². The van der Waals surface area contributed by atoms with Crippen LogP contribution in [0.1, 0.15) is 51.9 Å². The van der Waals surface area contributed by atoms with Crippen LogP contribution in [0.2, 0.25) is 0 Å². The van der Waals surface area contributed by atoms with E-state index in [4.69, 9.17) is 4.99 Å². The molecule has 1 saturated heterocycles. The molecule has 4 heteroatoms. The van der Waals surface area contributed by atoms with Gasteiger partial charge in [-0.05, 0) is 45.1 Å². The summed E-state index contributed by atoms with van der Waals surface area (Å²) in [5.74, 6) is 1.29. The minimum Gasteiger partial charge on any atom is -0.362 e. The van der Waals surface area contributed by atoms with Crippen molar-refractivity contribution in [2.24, 2.45) is 10.4 Å². The van der Waals surface area contributed by atoms with Gasteiger partial charge < -0.3 is 10.2 Å². The highest BCUT2D eigenvalue weighted by molar-refractivity contribution is 8.13. The maximum absolute atomic E-state index is 4.90. The van der Waals surface area contributed by atoms with Crippen molar-refractivity contribution in [3.8, 4) is 0 Å². The molecule has 1 N–H and O–H groups in total. The topological polar surface area (TPSA) is 27.6 Å². The van der Waals surface area contributed by atoms with Crippen LogP contribution < -0.4 is 5.32 Å². The average Bonchev–Trinajstić information content (AvgIpc) is 2.47. The Morgan fingerprint density at radius 3 is 2.75 bits per heavy atom. The molecule has 1 aliphatic carbocycles. The molecule has 2 unspecified atom stereocenters. The van der Waals surface area contributed by atoms with E-state index < -0.39 is 0 Å². The highest BCUT2D eigenvalue weighted by atomic mass is 32.2. The van der Waals surface area contributed by atoms with Gasteiger partial charge >= 0.3 is 0 Å². The molecule has 1 saturated carbocycles. The van der Waals surface area contributed by atoms with E-state index in [0.29, 0.717) is 17.5 Å². The summed E-state index contributed by atoms with van der Waals surface area (Å²) in [6.07, 6.45) is 9.60. The fourth-order valence-electron chi connectivity index (χ4n) is 3.84. The van der Waals surface area contributed by atoms with Crippen LogP contribution in [0.4, 0.5) is 0 Å². The predicted octanol–water partition coefficient (Wildman–Crippen LogP) is 3.11. The normalized spacial score (nSPS) is 34.8. The number of hydrogen-bond donors (Lipinski definition) is 1. The third kappa shape index (κ3) is 3.33. The van der Waals surface area contributed by atoms with Crippen molar-refractivity contribution >= 4 is 16.9 Å². The highest BCUT2D eigenvalue weighted by Gasteiger charge is 2.35. The quantitative estimate of drug-likeness (QED) is 0.805. The number of rotatable bonds is 1. The van der Waals surface area contributed by atoms with Gasteiger partial charge in [0.25, 0.3) is 0 Å². The van der Waals surface area contributed by atoms with E-state index in [2.05, 4.69) is 24.2 Å². The molecule has 3 rings (SSSR count). The summed E-state index contributed by atoms with van der Waals surface area (Å²) in [5, 5.41) is 4.94. The molecule has 3 nitrogen and oxygen atoms in total. The lowest BCUT2D eigenvalue weighted by Gasteiger charge is -2.40. The first-order chi connectivity index (χ1) is 9.67. The summed E-state index contributed by atoms with van der Waals surface area (Å²) < 4.78 is 0. The van der Waals surface area contributed by atoms with Crippen molar-refractivity contribution < 1.29 is 0 Å². The Morgan fingerprint density at radius 1 is 1.30 bits per heavy atom. The number of aliphatic imine (C=N–C) groups is 1. The van der Waals surface area contributed by atoms with E-state index in [0.717, 1.165) is 6.54 Å². The number of nitrogens with zero attached hydrogens (tertiary/aromatic N) is 2. The summed E-state index contributed by atoms with van der Waals surface area (Å²) in [5.41, 5.74) is 0.550. The minimum absolute atomic E-state index is 0.550. The first-order valence-electron chi connectivity index (χ1n) is 8.31. The number of nitrogens with one attached hydrogen (secondary N) is 1. The van der Waals surface area contributed by atoms with Gasteiger partial charge in [-0.2, -0.15) is 0 Å². The molecule has 2 heterocycles.